The van der Waals surface area contributed by atoms with E-state index in [4.69, 9.17) is 14.2 Å². The number of nitro benzene ring substituents is 1. The summed E-state index contributed by atoms with van der Waals surface area (Å²) in [6, 6.07) is 11.2. The van der Waals surface area contributed by atoms with Gasteiger partial charge in [-0.25, -0.2) is 8.42 Å². The van der Waals surface area contributed by atoms with Gasteiger partial charge in [-0.3, -0.25) is 19.9 Å². The molecule has 2 aromatic carbocycles. The Morgan fingerprint density at radius 2 is 1.69 bits per heavy atom. The maximum absolute atomic E-state index is 13.3. The van der Waals surface area contributed by atoms with Gasteiger partial charge in [0.1, 0.15) is 6.04 Å². The second kappa shape index (κ2) is 11.3. The molecule has 0 N–H and O–H groups in total. The van der Waals surface area contributed by atoms with Gasteiger partial charge in [0.2, 0.25) is 11.7 Å². The van der Waals surface area contributed by atoms with E-state index in [1.54, 1.807) is 29.3 Å². The normalized spacial score (nSPS) is 16.2. The van der Waals surface area contributed by atoms with Gasteiger partial charge in [-0.15, -0.1) is 0 Å². The van der Waals surface area contributed by atoms with Crippen molar-refractivity contribution in [3.05, 3.63) is 70.4 Å². The van der Waals surface area contributed by atoms with Gasteiger partial charge in [0.15, 0.2) is 16.4 Å². The van der Waals surface area contributed by atoms with Crippen LogP contribution < -0.4 is 14.2 Å². The lowest BCUT2D eigenvalue weighted by atomic mass is 10.1. The number of sulfonamides is 1. The average molecular weight is 557 g/mol. The van der Waals surface area contributed by atoms with E-state index in [0.717, 1.165) is 15.9 Å². The van der Waals surface area contributed by atoms with Crippen LogP contribution in [0.4, 0.5) is 5.69 Å². The lowest BCUT2D eigenvalue weighted by Gasteiger charge is -2.38. The topological polar surface area (TPSA) is 141 Å². The zero-order valence-corrected chi connectivity index (χ0v) is 22.7. The maximum Gasteiger partial charge on any atom is 0.289 e. The van der Waals surface area contributed by atoms with Crippen molar-refractivity contribution >= 4 is 21.6 Å². The summed E-state index contributed by atoms with van der Waals surface area (Å²) in [5, 5.41) is 11.4. The van der Waals surface area contributed by atoms with Crippen molar-refractivity contribution in [2.45, 2.75) is 24.4 Å². The number of amides is 1. The van der Waals surface area contributed by atoms with Gasteiger partial charge >= 0.3 is 0 Å². The van der Waals surface area contributed by atoms with Gasteiger partial charge in [0.25, 0.3) is 15.7 Å². The number of hydrogen-bond acceptors (Lipinski definition) is 9. The second-order valence-corrected chi connectivity index (χ2v) is 10.6. The molecule has 1 aromatic heterocycles. The number of methoxy groups -OCH3 is 3. The van der Waals surface area contributed by atoms with Gasteiger partial charge in [0, 0.05) is 37.5 Å². The molecule has 13 heteroatoms. The molecule has 0 unspecified atom stereocenters. The molecule has 0 radical (unpaired) electrons. The van der Waals surface area contributed by atoms with E-state index in [0.29, 0.717) is 28.5 Å². The third kappa shape index (κ3) is 5.36. The molecule has 1 aliphatic heterocycles. The Bertz CT molecular complexity index is 1490. The molecule has 3 aromatic rings. The number of pyridine rings is 1. The van der Waals surface area contributed by atoms with Gasteiger partial charge in [-0.05, 0) is 42.8 Å². The first kappa shape index (κ1) is 27.8. The van der Waals surface area contributed by atoms with E-state index in [1.165, 1.54) is 46.5 Å². The predicted molar refractivity (Wildman–Crippen MR) is 141 cm³/mol. The van der Waals surface area contributed by atoms with Crippen LogP contribution in [0, 0.1) is 10.1 Å². The second-order valence-electron chi connectivity index (χ2n) is 8.74. The molecule has 1 fully saturated rings. The Hall–Kier alpha value is -4.23. The number of para-hydroxylation sites is 1. The lowest BCUT2D eigenvalue weighted by molar-refractivity contribution is -0.387. The first-order valence-electron chi connectivity index (χ1n) is 11.9. The summed E-state index contributed by atoms with van der Waals surface area (Å²) in [4.78, 5) is 29.5. The van der Waals surface area contributed by atoms with E-state index in [9.17, 15) is 23.3 Å². The van der Waals surface area contributed by atoms with Gasteiger partial charge < -0.3 is 19.1 Å². The number of piperazine rings is 1. The first-order valence-corrected chi connectivity index (χ1v) is 13.4. The molecule has 0 aliphatic carbocycles. The molecule has 1 saturated heterocycles. The van der Waals surface area contributed by atoms with Crippen molar-refractivity contribution < 1.29 is 32.3 Å². The molecule has 0 saturated carbocycles. The van der Waals surface area contributed by atoms with Crippen LogP contribution in [0.2, 0.25) is 0 Å². The quantitative estimate of drug-likeness (QED) is 0.287. The molecule has 12 nitrogen and oxygen atoms in total. The summed E-state index contributed by atoms with van der Waals surface area (Å²) in [7, 11) is 0.282. The van der Waals surface area contributed by atoms with Crippen LogP contribution in [0.15, 0.2) is 59.6 Å². The molecule has 1 atom stereocenters. The Morgan fingerprint density at radius 3 is 2.31 bits per heavy atom. The smallest absolute Gasteiger partial charge is 0.289 e. The highest BCUT2D eigenvalue weighted by Gasteiger charge is 2.41. The molecular formula is C26H28N4O8S. The summed E-state index contributed by atoms with van der Waals surface area (Å²) >= 11 is 0. The largest absolute Gasteiger partial charge is 0.493 e. The highest BCUT2D eigenvalue weighted by molar-refractivity contribution is 7.89. The predicted octanol–water partition coefficient (Wildman–Crippen LogP) is 3.10. The molecule has 2 heterocycles. The van der Waals surface area contributed by atoms with Gasteiger partial charge in [-0.1, -0.05) is 12.1 Å². The summed E-state index contributed by atoms with van der Waals surface area (Å²) in [6.07, 6.45) is 1.62. The summed E-state index contributed by atoms with van der Waals surface area (Å²) in [5.41, 5.74) is 1.58. The van der Waals surface area contributed by atoms with E-state index in [1.807, 2.05) is 6.07 Å². The molecule has 4 rings (SSSR count). The van der Waals surface area contributed by atoms with E-state index in [2.05, 4.69) is 4.98 Å². The lowest BCUT2D eigenvalue weighted by Crippen LogP contribution is -2.57. The Labute approximate surface area is 225 Å². The van der Waals surface area contributed by atoms with Gasteiger partial charge in [0.05, 0.1) is 31.9 Å². The van der Waals surface area contributed by atoms with Crippen LogP contribution in [-0.2, 0) is 21.4 Å². The zero-order valence-electron chi connectivity index (χ0n) is 21.9. The standard InChI is InChI=1S/C26H28N4O8S/c1-17-26(31)28(11-12-29(17)39(34,35)24-8-6-5-7-21(24)30(32)33)16-18-9-10-27-20(13-18)19-14-22(36-2)25(38-4)23(15-19)37-3/h5-10,13-15,17H,11-12,16H2,1-4H3/t17-/m0/s1. The minimum atomic E-state index is -4.28. The number of hydrogen-bond donors (Lipinski definition) is 0. The number of nitro groups is 1. The number of carbonyl (C=O) groups excluding carboxylic acids is 1. The number of aromatic nitrogens is 1. The summed E-state index contributed by atoms with van der Waals surface area (Å²) in [5.74, 6) is 0.987. The third-order valence-corrected chi connectivity index (χ3v) is 8.52. The number of benzene rings is 2. The Balaban J connectivity index is 1.56. The summed E-state index contributed by atoms with van der Waals surface area (Å²) in [6.45, 7) is 1.81. The molecule has 1 amide bonds. The van der Waals surface area contributed by atoms with Crippen molar-refractivity contribution in [2.75, 3.05) is 34.4 Å². The van der Waals surface area contributed by atoms with Crippen LogP contribution in [0.5, 0.6) is 17.2 Å². The van der Waals surface area contributed by atoms with Crippen LogP contribution >= 0.6 is 0 Å². The Kier molecular flexibility index (Phi) is 8.02. The van der Waals surface area contributed by atoms with Crippen molar-refractivity contribution in [3.8, 4) is 28.5 Å². The highest BCUT2D eigenvalue weighted by atomic mass is 32.2. The van der Waals surface area contributed by atoms with Crippen molar-refractivity contribution in [3.63, 3.8) is 0 Å². The molecule has 206 valence electrons. The fourth-order valence-electron chi connectivity index (χ4n) is 4.53. The average Bonchev–Trinajstić information content (AvgIpc) is 2.94. The van der Waals surface area contributed by atoms with Crippen molar-refractivity contribution in [2.24, 2.45) is 0 Å². The number of nitrogens with zero attached hydrogens (tertiary/aromatic N) is 4. The van der Waals surface area contributed by atoms with E-state index < -0.39 is 37.5 Å². The molecule has 0 spiro atoms. The van der Waals surface area contributed by atoms with Crippen LogP contribution in [0.25, 0.3) is 11.3 Å². The van der Waals surface area contributed by atoms with E-state index >= 15 is 0 Å². The van der Waals surface area contributed by atoms with Crippen LogP contribution in [0.1, 0.15) is 12.5 Å². The van der Waals surface area contributed by atoms with Crippen molar-refractivity contribution in [1.82, 2.24) is 14.2 Å². The minimum Gasteiger partial charge on any atom is -0.493 e. The maximum atomic E-state index is 13.3. The van der Waals surface area contributed by atoms with Crippen LogP contribution in [-0.4, -0.2) is 73.9 Å². The summed E-state index contributed by atoms with van der Waals surface area (Å²) < 4.78 is 43.9. The third-order valence-electron chi connectivity index (χ3n) is 6.50. The molecule has 0 bridgehead atoms. The Morgan fingerprint density at radius 1 is 1.03 bits per heavy atom. The van der Waals surface area contributed by atoms with Gasteiger partial charge in [-0.2, -0.15) is 4.31 Å². The van der Waals surface area contributed by atoms with Crippen LogP contribution in [0.3, 0.4) is 0 Å². The van der Waals surface area contributed by atoms with Crippen molar-refractivity contribution in [1.29, 1.82) is 0 Å². The number of rotatable bonds is 9. The zero-order chi connectivity index (χ0) is 28.3. The first-order chi connectivity index (χ1) is 18.6. The number of ether oxygens (including phenoxy) is 3. The monoisotopic (exact) mass is 556 g/mol. The van der Waals surface area contributed by atoms with E-state index in [-0.39, 0.29) is 19.6 Å². The molecular weight excluding hydrogens is 528 g/mol. The SMILES string of the molecule is COc1cc(-c2cc(CN3CCN(S(=O)(=O)c4ccccc4[N+](=O)[O-])[C@@H](C)C3=O)ccn2)cc(OC)c1OC. The molecule has 1 aliphatic rings. The minimum absolute atomic E-state index is 0.00783. The fourth-order valence-corrected chi connectivity index (χ4v) is 6.27. The number of carbonyl (C=O) groups is 1. The highest BCUT2D eigenvalue weighted by Crippen LogP contribution is 2.41. The fraction of sp³-hybridized carbons (Fsp3) is 0.308. The molecule has 39 heavy (non-hydrogen) atoms.